The average Bonchev–Trinajstić information content (AvgIpc) is 2.31. The third kappa shape index (κ3) is 3.71. The molecule has 1 unspecified atom stereocenters. The second-order valence-electron chi connectivity index (χ2n) is 3.76. The molecule has 1 atom stereocenters. The largest absolute Gasteiger partial charge is 0.383 e. The van der Waals surface area contributed by atoms with E-state index in [1.54, 1.807) is 0 Å². The van der Waals surface area contributed by atoms with Crippen LogP contribution < -0.4 is 5.32 Å². The number of nitrogens with one attached hydrogen (secondary N) is 1. The van der Waals surface area contributed by atoms with Gasteiger partial charge in [0.25, 0.3) is 0 Å². The Morgan fingerprint density at radius 3 is 2.29 bits per heavy atom. The van der Waals surface area contributed by atoms with Gasteiger partial charge in [0.1, 0.15) is 0 Å². The molecule has 1 aromatic carbocycles. The second-order valence-corrected chi connectivity index (χ2v) is 3.76. The van der Waals surface area contributed by atoms with Crippen LogP contribution in [0.4, 0.5) is 13.2 Å². The van der Waals surface area contributed by atoms with Crippen molar-refractivity contribution in [1.82, 2.24) is 5.32 Å². The van der Waals surface area contributed by atoms with Gasteiger partial charge in [-0.15, -0.1) is 0 Å². The highest BCUT2D eigenvalue weighted by molar-refractivity contribution is 5.22. The van der Waals surface area contributed by atoms with Crippen LogP contribution in [0.2, 0.25) is 0 Å². The first kappa shape index (κ1) is 14.0. The lowest BCUT2D eigenvalue weighted by atomic mass is 10.1. The van der Waals surface area contributed by atoms with Gasteiger partial charge in [-0.3, -0.25) is 0 Å². The van der Waals surface area contributed by atoms with Crippen LogP contribution in [-0.4, -0.2) is 20.3 Å². The lowest BCUT2D eigenvalue weighted by Crippen LogP contribution is -2.26. The van der Waals surface area contributed by atoms with Crippen molar-refractivity contribution in [2.75, 3.05) is 20.3 Å². The Labute approximate surface area is 98.8 Å². The molecule has 17 heavy (non-hydrogen) atoms. The number of rotatable bonds is 6. The normalized spacial score (nSPS) is 12.8. The van der Waals surface area contributed by atoms with Crippen molar-refractivity contribution in [3.63, 3.8) is 0 Å². The number of hydrogen-bond donors (Lipinski definition) is 1. The van der Waals surface area contributed by atoms with Gasteiger partial charge in [-0.25, -0.2) is 13.2 Å². The molecule has 0 aliphatic heterocycles. The Kier molecular flexibility index (Phi) is 5.44. The number of ether oxygens (including phenoxy) is 1. The summed E-state index contributed by atoms with van der Waals surface area (Å²) >= 11 is 0. The van der Waals surface area contributed by atoms with E-state index in [0.29, 0.717) is 12.1 Å². The van der Waals surface area contributed by atoms with E-state index >= 15 is 0 Å². The van der Waals surface area contributed by atoms with Crippen LogP contribution in [0, 0.1) is 17.5 Å². The van der Waals surface area contributed by atoms with Crippen LogP contribution in [0.5, 0.6) is 0 Å². The summed E-state index contributed by atoms with van der Waals surface area (Å²) in [5.74, 6) is -3.81. The van der Waals surface area contributed by atoms with Crippen LogP contribution in [-0.2, 0) is 4.74 Å². The first-order valence-electron chi connectivity index (χ1n) is 5.46. The van der Waals surface area contributed by atoms with Crippen molar-refractivity contribution in [2.24, 2.45) is 0 Å². The van der Waals surface area contributed by atoms with Crippen LogP contribution in [0.3, 0.4) is 0 Å². The van der Waals surface area contributed by atoms with Gasteiger partial charge >= 0.3 is 0 Å². The molecule has 0 aliphatic carbocycles. The standard InChI is InChI=1S/C12H16F3NO/c1-3-4-16-11(7-17-2)8-5-9(13)12(15)10(14)6-8/h5-6,11,16H,3-4,7H2,1-2H3. The maximum atomic E-state index is 13.1. The van der Waals surface area contributed by atoms with Crippen molar-refractivity contribution < 1.29 is 17.9 Å². The zero-order valence-corrected chi connectivity index (χ0v) is 9.90. The third-order valence-electron chi connectivity index (χ3n) is 2.38. The van der Waals surface area contributed by atoms with Crippen molar-refractivity contribution >= 4 is 0 Å². The van der Waals surface area contributed by atoms with Crippen molar-refractivity contribution in [1.29, 1.82) is 0 Å². The predicted octanol–water partition coefficient (Wildman–Crippen LogP) is 2.79. The van der Waals surface area contributed by atoms with Gasteiger partial charge in [0, 0.05) is 7.11 Å². The quantitative estimate of drug-likeness (QED) is 0.780. The Bertz CT molecular complexity index is 348. The molecule has 0 saturated carbocycles. The van der Waals surface area contributed by atoms with Crippen molar-refractivity contribution in [2.45, 2.75) is 19.4 Å². The number of hydrogen-bond acceptors (Lipinski definition) is 2. The summed E-state index contributed by atoms with van der Waals surface area (Å²) in [5, 5.41) is 3.08. The molecule has 1 N–H and O–H groups in total. The van der Waals surface area contributed by atoms with Gasteiger partial charge in [-0.05, 0) is 30.7 Å². The number of halogens is 3. The van der Waals surface area contributed by atoms with Gasteiger partial charge in [-0.1, -0.05) is 6.92 Å². The van der Waals surface area contributed by atoms with Crippen LogP contribution >= 0.6 is 0 Å². The molecule has 96 valence electrons. The molecule has 5 heteroatoms. The summed E-state index contributed by atoms with van der Waals surface area (Å²) in [6.07, 6.45) is 0.881. The molecule has 1 rings (SSSR count). The fraction of sp³-hybridized carbons (Fsp3) is 0.500. The zero-order chi connectivity index (χ0) is 12.8. The first-order valence-corrected chi connectivity index (χ1v) is 5.46. The van der Waals surface area contributed by atoms with E-state index in [-0.39, 0.29) is 12.6 Å². The van der Waals surface area contributed by atoms with Gasteiger partial charge < -0.3 is 10.1 Å². The number of methoxy groups -OCH3 is 1. The molecule has 0 fully saturated rings. The minimum absolute atomic E-state index is 0.268. The second kappa shape index (κ2) is 6.61. The average molecular weight is 247 g/mol. The summed E-state index contributed by atoms with van der Waals surface area (Å²) in [6, 6.07) is 1.64. The SMILES string of the molecule is CCCNC(COC)c1cc(F)c(F)c(F)c1. The van der Waals surface area contributed by atoms with Crippen LogP contribution in [0.15, 0.2) is 12.1 Å². The summed E-state index contributed by atoms with van der Waals surface area (Å²) in [7, 11) is 1.50. The lowest BCUT2D eigenvalue weighted by Gasteiger charge is -2.18. The van der Waals surface area contributed by atoms with Gasteiger partial charge in [0.2, 0.25) is 0 Å². The van der Waals surface area contributed by atoms with Gasteiger partial charge in [0.05, 0.1) is 12.6 Å². The van der Waals surface area contributed by atoms with E-state index in [2.05, 4.69) is 5.32 Å². The highest BCUT2D eigenvalue weighted by Gasteiger charge is 2.16. The molecule has 0 radical (unpaired) electrons. The van der Waals surface area contributed by atoms with E-state index in [9.17, 15) is 13.2 Å². The smallest absolute Gasteiger partial charge is 0.194 e. The zero-order valence-electron chi connectivity index (χ0n) is 9.90. The summed E-state index contributed by atoms with van der Waals surface area (Å²) in [6.45, 7) is 2.93. The predicted molar refractivity (Wildman–Crippen MR) is 59.2 cm³/mol. The van der Waals surface area contributed by atoms with E-state index in [1.165, 1.54) is 7.11 Å². The van der Waals surface area contributed by atoms with Gasteiger partial charge in [0.15, 0.2) is 17.5 Å². The Hall–Kier alpha value is -1.07. The molecule has 0 spiro atoms. The summed E-state index contributed by atoms with van der Waals surface area (Å²) < 4.78 is 43.9. The topological polar surface area (TPSA) is 21.3 Å². The molecular weight excluding hydrogens is 231 g/mol. The van der Waals surface area contributed by atoms with Crippen molar-refractivity contribution in [3.05, 3.63) is 35.1 Å². The maximum absolute atomic E-state index is 13.1. The molecular formula is C12H16F3NO. The molecule has 2 nitrogen and oxygen atoms in total. The van der Waals surface area contributed by atoms with Crippen molar-refractivity contribution in [3.8, 4) is 0 Å². The first-order chi connectivity index (χ1) is 8.10. The molecule has 0 heterocycles. The third-order valence-corrected chi connectivity index (χ3v) is 2.38. The monoisotopic (exact) mass is 247 g/mol. The fourth-order valence-corrected chi connectivity index (χ4v) is 1.53. The molecule has 0 amide bonds. The summed E-state index contributed by atoms with van der Waals surface area (Å²) in [4.78, 5) is 0. The maximum Gasteiger partial charge on any atom is 0.194 e. The van der Waals surface area contributed by atoms with E-state index in [0.717, 1.165) is 18.6 Å². The van der Waals surface area contributed by atoms with E-state index in [4.69, 9.17) is 4.74 Å². The summed E-state index contributed by atoms with van der Waals surface area (Å²) in [5.41, 5.74) is 0.344. The number of benzene rings is 1. The molecule has 1 aromatic rings. The Morgan fingerprint density at radius 2 is 1.82 bits per heavy atom. The molecule has 0 bridgehead atoms. The van der Waals surface area contributed by atoms with Gasteiger partial charge in [-0.2, -0.15) is 0 Å². The minimum atomic E-state index is -1.44. The molecule has 0 aliphatic rings. The highest BCUT2D eigenvalue weighted by Crippen LogP contribution is 2.19. The minimum Gasteiger partial charge on any atom is -0.383 e. The van der Waals surface area contributed by atoms with E-state index < -0.39 is 17.5 Å². The fourth-order valence-electron chi connectivity index (χ4n) is 1.53. The van der Waals surface area contributed by atoms with Crippen LogP contribution in [0.25, 0.3) is 0 Å². The lowest BCUT2D eigenvalue weighted by molar-refractivity contribution is 0.166. The highest BCUT2D eigenvalue weighted by atomic mass is 19.2. The molecule has 0 saturated heterocycles. The molecule has 0 aromatic heterocycles. The van der Waals surface area contributed by atoms with Crippen LogP contribution in [0.1, 0.15) is 24.9 Å². The Morgan fingerprint density at radius 1 is 1.24 bits per heavy atom. The Balaban J connectivity index is 2.93. The van der Waals surface area contributed by atoms with E-state index in [1.807, 2.05) is 6.92 Å².